The Morgan fingerprint density at radius 3 is 2.56 bits per heavy atom. The summed E-state index contributed by atoms with van der Waals surface area (Å²) in [6.45, 7) is 1.08. The molecule has 1 amide bonds. The SMILES string of the molecule is CCOC(=O)CC1(n2cc(-c3nc(-c4cnn(C)c4)cc4nccn34)cn2)CN(C(=O)C(F)(F)F)C1. The quantitative estimate of drug-likeness (QED) is 0.371. The second-order valence-corrected chi connectivity index (χ2v) is 8.56. The average molecular weight is 502 g/mol. The van der Waals surface area contributed by atoms with Crippen LogP contribution in [-0.4, -0.2) is 76.6 Å². The van der Waals surface area contributed by atoms with Crippen molar-refractivity contribution in [2.24, 2.45) is 7.05 Å². The number of imidazole rings is 1. The number of hydrogen-bond acceptors (Lipinski definition) is 7. The Hall–Kier alpha value is -4.23. The number of alkyl halides is 3. The highest BCUT2D eigenvalue weighted by atomic mass is 19.4. The molecule has 1 aliphatic rings. The van der Waals surface area contributed by atoms with E-state index in [0.717, 1.165) is 5.56 Å². The maximum Gasteiger partial charge on any atom is 0.471 e. The Bertz CT molecular complexity index is 1450. The fourth-order valence-electron chi connectivity index (χ4n) is 4.33. The van der Waals surface area contributed by atoms with Gasteiger partial charge in [-0.1, -0.05) is 0 Å². The molecule has 11 nitrogen and oxygen atoms in total. The molecule has 1 aliphatic heterocycles. The molecular weight excluding hydrogens is 481 g/mol. The molecule has 1 saturated heterocycles. The molecule has 36 heavy (non-hydrogen) atoms. The molecule has 0 unspecified atom stereocenters. The number of carbonyl (C=O) groups is 2. The van der Waals surface area contributed by atoms with Gasteiger partial charge in [0.2, 0.25) is 0 Å². The first kappa shape index (κ1) is 23.5. The lowest BCUT2D eigenvalue weighted by Gasteiger charge is -2.49. The minimum atomic E-state index is -5.00. The van der Waals surface area contributed by atoms with E-state index in [9.17, 15) is 22.8 Å². The number of rotatable bonds is 6. The van der Waals surface area contributed by atoms with E-state index in [-0.39, 0.29) is 26.1 Å². The highest BCUT2D eigenvalue weighted by Gasteiger charge is 2.55. The molecule has 4 aromatic heterocycles. The van der Waals surface area contributed by atoms with E-state index in [2.05, 4.69) is 15.2 Å². The van der Waals surface area contributed by atoms with Crippen LogP contribution in [0.3, 0.4) is 0 Å². The van der Waals surface area contributed by atoms with Crippen molar-refractivity contribution in [3.63, 3.8) is 0 Å². The second kappa shape index (κ2) is 8.46. The van der Waals surface area contributed by atoms with Crippen LogP contribution in [0.1, 0.15) is 13.3 Å². The molecule has 0 aromatic carbocycles. The van der Waals surface area contributed by atoms with Crippen LogP contribution in [0.2, 0.25) is 0 Å². The summed E-state index contributed by atoms with van der Waals surface area (Å²) in [7, 11) is 1.79. The Morgan fingerprint density at radius 2 is 1.89 bits per heavy atom. The van der Waals surface area contributed by atoms with Crippen LogP contribution in [-0.2, 0) is 26.9 Å². The topological polar surface area (TPSA) is 112 Å². The second-order valence-electron chi connectivity index (χ2n) is 8.56. The molecule has 0 aliphatic carbocycles. The van der Waals surface area contributed by atoms with E-state index in [1.54, 1.807) is 53.9 Å². The molecule has 0 spiro atoms. The zero-order valence-electron chi connectivity index (χ0n) is 19.3. The third-order valence-electron chi connectivity index (χ3n) is 6.00. The maximum atomic E-state index is 13.0. The molecule has 5 heterocycles. The number of fused-ring (bicyclic) bond motifs is 1. The highest BCUT2D eigenvalue weighted by Crippen LogP contribution is 2.36. The van der Waals surface area contributed by atoms with Gasteiger partial charge in [-0.25, -0.2) is 9.97 Å². The first-order chi connectivity index (χ1) is 17.1. The largest absolute Gasteiger partial charge is 0.471 e. The monoisotopic (exact) mass is 502 g/mol. The van der Waals surface area contributed by atoms with E-state index < -0.39 is 23.6 Å². The first-order valence-electron chi connectivity index (χ1n) is 11.0. The Morgan fingerprint density at radius 1 is 1.14 bits per heavy atom. The van der Waals surface area contributed by atoms with Crippen LogP contribution in [0.5, 0.6) is 0 Å². The molecule has 0 bridgehead atoms. The van der Waals surface area contributed by atoms with Crippen LogP contribution in [0.25, 0.3) is 28.3 Å². The van der Waals surface area contributed by atoms with Crippen molar-refractivity contribution in [3.8, 4) is 22.6 Å². The number of carbonyl (C=O) groups excluding carboxylic acids is 2. The van der Waals surface area contributed by atoms with Gasteiger partial charge in [-0.15, -0.1) is 0 Å². The van der Waals surface area contributed by atoms with Crippen molar-refractivity contribution in [2.75, 3.05) is 19.7 Å². The van der Waals surface area contributed by atoms with Gasteiger partial charge >= 0.3 is 18.1 Å². The summed E-state index contributed by atoms with van der Waals surface area (Å²) < 4.78 is 48.7. The van der Waals surface area contributed by atoms with E-state index in [0.29, 0.717) is 27.6 Å². The fraction of sp³-hybridized carbons (Fsp3) is 0.364. The molecule has 5 rings (SSSR count). The van der Waals surface area contributed by atoms with Crippen LogP contribution in [0, 0.1) is 0 Å². The highest BCUT2D eigenvalue weighted by molar-refractivity contribution is 5.83. The lowest BCUT2D eigenvalue weighted by Crippen LogP contribution is -2.67. The summed E-state index contributed by atoms with van der Waals surface area (Å²) in [5.41, 5.74) is 1.39. The summed E-state index contributed by atoms with van der Waals surface area (Å²) >= 11 is 0. The van der Waals surface area contributed by atoms with Crippen molar-refractivity contribution in [1.29, 1.82) is 0 Å². The van der Waals surface area contributed by atoms with Gasteiger partial charge in [-0.05, 0) is 6.92 Å². The molecule has 14 heteroatoms. The van der Waals surface area contributed by atoms with E-state index in [1.807, 2.05) is 6.20 Å². The number of nitrogens with zero attached hydrogens (tertiary/aromatic N) is 8. The van der Waals surface area contributed by atoms with E-state index >= 15 is 0 Å². The molecular formula is C22H21F3N8O3. The van der Waals surface area contributed by atoms with Crippen molar-refractivity contribution in [3.05, 3.63) is 43.2 Å². The van der Waals surface area contributed by atoms with E-state index in [4.69, 9.17) is 9.72 Å². The van der Waals surface area contributed by atoms with E-state index in [1.165, 1.54) is 10.9 Å². The molecule has 0 radical (unpaired) electrons. The zero-order chi connectivity index (χ0) is 25.7. The minimum absolute atomic E-state index is 0.119. The number of aromatic nitrogens is 7. The third kappa shape index (κ3) is 4.07. The predicted octanol–water partition coefficient (Wildman–Crippen LogP) is 2.05. The summed E-state index contributed by atoms with van der Waals surface area (Å²) in [5, 5.41) is 8.53. The number of aryl methyl sites for hydroxylation is 1. The van der Waals surface area contributed by atoms with Crippen molar-refractivity contribution >= 4 is 17.5 Å². The van der Waals surface area contributed by atoms with Crippen LogP contribution < -0.4 is 0 Å². The number of amides is 1. The molecule has 0 saturated carbocycles. The zero-order valence-corrected chi connectivity index (χ0v) is 19.3. The van der Waals surface area contributed by atoms with Crippen LogP contribution in [0.4, 0.5) is 13.2 Å². The van der Waals surface area contributed by atoms with Gasteiger partial charge in [0, 0.05) is 56.6 Å². The van der Waals surface area contributed by atoms with Gasteiger partial charge < -0.3 is 9.64 Å². The Balaban J connectivity index is 1.52. The smallest absolute Gasteiger partial charge is 0.466 e. The van der Waals surface area contributed by atoms with Crippen molar-refractivity contribution in [2.45, 2.75) is 25.1 Å². The van der Waals surface area contributed by atoms with Crippen LogP contribution >= 0.6 is 0 Å². The molecule has 0 atom stereocenters. The number of likely N-dealkylation sites (tertiary alicyclic amines) is 1. The third-order valence-corrected chi connectivity index (χ3v) is 6.00. The van der Waals surface area contributed by atoms with Gasteiger partial charge in [-0.2, -0.15) is 23.4 Å². The van der Waals surface area contributed by atoms with Gasteiger partial charge in [-0.3, -0.25) is 23.4 Å². The fourth-order valence-corrected chi connectivity index (χ4v) is 4.33. The molecule has 1 fully saturated rings. The Kier molecular flexibility index (Phi) is 5.53. The van der Waals surface area contributed by atoms with Crippen molar-refractivity contribution < 1.29 is 27.5 Å². The maximum absolute atomic E-state index is 13.0. The summed E-state index contributed by atoms with van der Waals surface area (Å²) in [6, 6.07) is 1.81. The summed E-state index contributed by atoms with van der Waals surface area (Å²) in [6.07, 6.45) is 4.69. The molecule has 188 valence electrons. The van der Waals surface area contributed by atoms with Crippen LogP contribution in [0.15, 0.2) is 43.2 Å². The minimum Gasteiger partial charge on any atom is -0.466 e. The standard InChI is InChI=1S/C22H21F3N8O3/c1-3-36-18(34)7-21(12-31(13-21)20(35)22(23,24)25)33-11-15(9-28-33)19-29-16(14-8-27-30(2)10-14)6-17-26-4-5-32(17)19/h4-6,8-11H,3,7,12-13H2,1-2H3. The molecule has 4 aromatic rings. The van der Waals surface area contributed by atoms with Gasteiger partial charge in [0.05, 0.1) is 36.7 Å². The molecule has 0 N–H and O–H groups in total. The summed E-state index contributed by atoms with van der Waals surface area (Å²) in [5.74, 6) is -2.06. The number of esters is 1. The van der Waals surface area contributed by atoms with Gasteiger partial charge in [0.25, 0.3) is 0 Å². The normalized spacial score (nSPS) is 15.2. The first-order valence-corrected chi connectivity index (χ1v) is 11.0. The van der Waals surface area contributed by atoms with Crippen molar-refractivity contribution in [1.82, 2.24) is 38.8 Å². The lowest BCUT2D eigenvalue weighted by molar-refractivity contribution is -0.197. The Labute approximate surface area is 202 Å². The van der Waals surface area contributed by atoms with Gasteiger partial charge in [0.15, 0.2) is 0 Å². The predicted molar refractivity (Wildman–Crippen MR) is 118 cm³/mol. The number of hydrogen-bond donors (Lipinski definition) is 0. The summed E-state index contributed by atoms with van der Waals surface area (Å²) in [4.78, 5) is 33.8. The lowest BCUT2D eigenvalue weighted by atomic mass is 9.86. The van der Waals surface area contributed by atoms with Gasteiger partial charge in [0.1, 0.15) is 17.0 Å². The number of ether oxygens (including phenoxy) is 1. The average Bonchev–Trinajstić information content (AvgIpc) is 3.54. The number of halogens is 3.